The van der Waals surface area contributed by atoms with Crippen molar-refractivity contribution in [3.63, 3.8) is 0 Å². The maximum Gasteiger partial charge on any atom is 0.327 e. The van der Waals surface area contributed by atoms with Gasteiger partial charge in [0.1, 0.15) is 47.5 Å². The predicted octanol–water partition coefficient (Wildman–Crippen LogP) is -1.46. The van der Waals surface area contributed by atoms with E-state index in [-0.39, 0.29) is 55.9 Å². The predicted molar refractivity (Wildman–Crippen MR) is 225 cm³/mol. The lowest BCUT2D eigenvalue weighted by Gasteiger charge is -2.34. The Morgan fingerprint density at radius 2 is 1.57 bits per heavy atom. The van der Waals surface area contributed by atoms with Crippen molar-refractivity contribution in [2.45, 2.75) is 81.6 Å². The molecule has 9 amide bonds. The molecule has 2 aromatic carbocycles. The number of ether oxygens (including phenoxy) is 1. The van der Waals surface area contributed by atoms with Crippen molar-refractivity contribution in [3.8, 4) is 11.5 Å². The van der Waals surface area contributed by atoms with E-state index in [0.717, 1.165) is 16.0 Å². The molecule has 23 heteroatoms. The summed E-state index contributed by atoms with van der Waals surface area (Å²) in [6.07, 6.45) is -0.0827. The minimum atomic E-state index is -1.60. The van der Waals surface area contributed by atoms with E-state index in [1.165, 1.54) is 56.1 Å². The normalized spacial score (nSPS) is 19.0. The number of hydrogen-bond acceptors (Lipinski definition) is 14. The number of likely N-dealkylation sites (N-methyl/N-ethyl adjacent to an activating group) is 1. The minimum absolute atomic E-state index is 0.00611. The summed E-state index contributed by atoms with van der Waals surface area (Å²) >= 11 is 1.33. The molecule has 4 rings (SSSR count). The average Bonchev–Trinajstić information content (AvgIpc) is 3.61. The number of aliphatic hydroxyl groups excluding tert-OH is 1. The first-order valence-electron chi connectivity index (χ1n) is 19.8. The Kier molecular flexibility index (Phi) is 17.9. The van der Waals surface area contributed by atoms with Gasteiger partial charge in [-0.1, -0.05) is 24.3 Å². The molecule has 0 bridgehead atoms. The molecule has 0 saturated carbocycles. The van der Waals surface area contributed by atoms with Crippen LogP contribution in [0, 0.1) is 0 Å². The number of carboxylic acid groups (broad SMARTS) is 1. The van der Waals surface area contributed by atoms with E-state index in [2.05, 4.69) is 31.9 Å². The number of urea groups is 2. The minimum Gasteiger partial charge on any atom is -0.508 e. The van der Waals surface area contributed by atoms with Gasteiger partial charge < -0.3 is 62.4 Å². The largest absolute Gasteiger partial charge is 0.508 e. The van der Waals surface area contributed by atoms with Crippen LogP contribution in [-0.2, 0) is 46.3 Å². The number of phenols is 2. The number of nitrogens with one attached hydrogen (secondary N) is 6. The molecule has 22 nitrogen and oxygen atoms in total. The number of rotatable bonds is 20. The van der Waals surface area contributed by atoms with E-state index in [9.17, 15) is 58.8 Å². The first kappa shape index (κ1) is 49.1. The van der Waals surface area contributed by atoms with Crippen LogP contribution < -0.4 is 37.6 Å². The molecule has 2 fully saturated rings. The first-order chi connectivity index (χ1) is 29.9. The summed E-state index contributed by atoms with van der Waals surface area (Å²) in [5, 5.41) is 55.0. The third-order valence-electron chi connectivity index (χ3n) is 10.2. The van der Waals surface area contributed by atoms with Crippen molar-refractivity contribution < 1.29 is 63.5 Å². The Hall–Kier alpha value is -6.59. The number of aliphatic carboxylic acids is 1. The van der Waals surface area contributed by atoms with Crippen LogP contribution in [0.15, 0.2) is 60.5 Å². The van der Waals surface area contributed by atoms with Crippen molar-refractivity contribution in [2.24, 2.45) is 5.73 Å². The number of nitrogens with two attached hydrogens (primary N) is 1. The van der Waals surface area contributed by atoms with Gasteiger partial charge in [0.25, 0.3) is 0 Å². The fourth-order valence-corrected chi connectivity index (χ4v) is 7.17. The van der Waals surface area contributed by atoms with Crippen molar-refractivity contribution in [2.75, 3.05) is 32.1 Å². The number of thioether (sulfide) groups is 1. The van der Waals surface area contributed by atoms with Gasteiger partial charge in [0.15, 0.2) is 0 Å². The summed E-state index contributed by atoms with van der Waals surface area (Å²) in [6, 6.07) is 3.09. The van der Waals surface area contributed by atoms with Crippen LogP contribution in [0.25, 0.3) is 0 Å². The molecule has 63 heavy (non-hydrogen) atoms. The highest BCUT2D eigenvalue weighted by atomic mass is 32.2. The SMILES string of the molecule is CSCC[C@H](NC(=O)NC(Cc1cccc(O)c1)C(=O)O)C(=O)N[C@@H](C(=O)NC=C1CC(O)C(N2CCC(=O)NC2=O)O1)C(C)N(C)C(=O)[C@H](Cc1cccc(O)c1)NC(=O)CN. The van der Waals surface area contributed by atoms with E-state index >= 15 is 0 Å². The molecule has 0 spiro atoms. The summed E-state index contributed by atoms with van der Waals surface area (Å²) < 4.78 is 5.76. The van der Waals surface area contributed by atoms with E-state index in [1.54, 1.807) is 24.5 Å². The van der Waals surface area contributed by atoms with E-state index < -0.39 is 96.7 Å². The van der Waals surface area contributed by atoms with Crippen LogP contribution in [-0.4, -0.2) is 152 Å². The summed E-state index contributed by atoms with van der Waals surface area (Å²) in [5.41, 5.74) is 6.41. The molecule has 2 aliphatic rings. The molecule has 2 saturated heterocycles. The van der Waals surface area contributed by atoms with Crippen molar-refractivity contribution >= 4 is 59.3 Å². The Bertz CT molecular complexity index is 2060. The van der Waals surface area contributed by atoms with E-state index in [0.29, 0.717) is 16.9 Å². The highest BCUT2D eigenvalue weighted by molar-refractivity contribution is 7.98. The number of aliphatic hydroxyl groups is 1. The molecule has 0 aliphatic carbocycles. The third-order valence-corrected chi connectivity index (χ3v) is 10.8. The van der Waals surface area contributed by atoms with Crippen LogP contribution in [0.4, 0.5) is 9.59 Å². The molecular weight excluding hydrogens is 847 g/mol. The Balaban J connectivity index is 1.59. The summed E-state index contributed by atoms with van der Waals surface area (Å²) in [6.45, 7) is 0.941. The molecule has 2 aromatic rings. The maximum atomic E-state index is 14.1. The van der Waals surface area contributed by atoms with Crippen LogP contribution in [0.2, 0.25) is 0 Å². The molecule has 4 unspecified atom stereocenters. The van der Waals surface area contributed by atoms with Crippen molar-refractivity contribution in [3.05, 3.63) is 71.6 Å². The van der Waals surface area contributed by atoms with Crippen LogP contribution in [0.3, 0.4) is 0 Å². The lowest BCUT2D eigenvalue weighted by atomic mass is 10.0. The first-order valence-corrected chi connectivity index (χ1v) is 21.2. The number of carboxylic acids is 1. The standard InChI is InChI=1S/C40H53N9O13S/c1-21(48(2)36(57)28(43-32(54)19-41)16-22-6-4-8-24(50)14-22)33(35(56)42-20-26-18-30(52)37(62-26)49-12-10-31(53)46-40(49)61)47-34(55)27(11-13-63-3)44-39(60)45-29(38(58)59)17-23-7-5-9-25(51)15-23/h4-9,14-15,20-21,27-30,33,37,50-52H,10-13,16-19,41H2,1-3H3,(H,42,56)(H,43,54)(H,47,55)(H,58,59)(H2,44,45,60)(H,46,53,61)/t21?,27-,28-,29?,30?,33+,37?/m0/s1. The van der Waals surface area contributed by atoms with Gasteiger partial charge in [0.05, 0.1) is 12.6 Å². The Morgan fingerprint density at radius 3 is 2.14 bits per heavy atom. The molecule has 2 aliphatic heterocycles. The highest BCUT2D eigenvalue weighted by Gasteiger charge is 2.41. The van der Waals surface area contributed by atoms with Crippen molar-refractivity contribution in [1.29, 1.82) is 0 Å². The van der Waals surface area contributed by atoms with Gasteiger partial charge in [-0.2, -0.15) is 11.8 Å². The topological polar surface area (TPSA) is 331 Å². The van der Waals surface area contributed by atoms with Gasteiger partial charge in [-0.3, -0.25) is 34.2 Å². The second kappa shape index (κ2) is 23.0. The van der Waals surface area contributed by atoms with Crippen LogP contribution in [0.1, 0.15) is 37.3 Å². The molecule has 0 aromatic heterocycles. The second-order valence-electron chi connectivity index (χ2n) is 14.8. The summed E-state index contributed by atoms with van der Waals surface area (Å²) in [4.78, 5) is 106. The lowest BCUT2D eigenvalue weighted by molar-refractivity contribution is -0.140. The van der Waals surface area contributed by atoms with Gasteiger partial charge in [-0.05, 0) is 60.7 Å². The number of carbonyl (C=O) groups excluding carboxylic acids is 7. The number of nitrogens with zero attached hydrogens (tertiary/aromatic N) is 2. The molecule has 7 atom stereocenters. The molecule has 342 valence electrons. The van der Waals surface area contributed by atoms with E-state index in [4.69, 9.17) is 10.5 Å². The van der Waals surface area contributed by atoms with Crippen LogP contribution in [0.5, 0.6) is 11.5 Å². The monoisotopic (exact) mass is 899 g/mol. The van der Waals surface area contributed by atoms with Gasteiger partial charge in [-0.15, -0.1) is 0 Å². The number of amides is 9. The summed E-state index contributed by atoms with van der Waals surface area (Å²) in [5.74, 6) is -4.95. The van der Waals surface area contributed by atoms with Crippen LogP contribution >= 0.6 is 11.8 Å². The fraction of sp³-hybridized carbons (Fsp3) is 0.450. The summed E-state index contributed by atoms with van der Waals surface area (Å²) in [7, 11) is 1.33. The number of hydrogen-bond donors (Lipinski definition) is 11. The number of imide groups is 1. The van der Waals surface area contributed by atoms with Gasteiger partial charge in [-0.25, -0.2) is 14.4 Å². The van der Waals surface area contributed by atoms with E-state index in [1.807, 2.05) is 0 Å². The smallest absolute Gasteiger partial charge is 0.327 e. The Morgan fingerprint density at radius 1 is 0.952 bits per heavy atom. The second-order valence-corrected chi connectivity index (χ2v) is 15.8. The van der Waals surface area contributed by atoms with Gasteiger partial charge in [0.2, 0.25) is 35.8 Å². The molecule has 2 heterocycles. The number of aromatic hydroxyl groups is 2. The number of phenolic OH excluding ortho intramolecular Hbond substituents is 2. The average molecular weight is 900 g/mol. The molecule has 0 radical (unpaired) electrons. The zero-order valence-electron chi connectivity index (χ0n) is 34.7. The highest BCUT2D eigenvalue weighted by Crippen LogP contribution is 2.27. The maximum absolute atomic E-state index is 14.1. The molecular formula is C40H53N9O13S. The number of carbonyl (C=O) groups is 8. The van der Waals surface area contributed by atoms with Gasteiger partial charge in [0, 0.05) is 45.5 Å². The zero-order chi connectivity index (χ0) is 46.4. The zero-order valence-corrected chi connectivity index (χ0v) is 35.6. The quantitative estimate of drug-likeness (QED) is 0.0724. The molecule has 12 N–H and O–H groups in total. The van der Waals surface area contributed by atoms with Gasteiger partial charge >= 0.3 is 18.0 Å². The lowest BCUT2D eigenvalue weighted by Crippen LogP contribution is -2.62. The Labute approximate surface area is 366 Å². The van der Waals surface area contributed by atoms with Crippen molar-refractivity contribution in [1.82, 2.24) is 41.7 Å². The number of benzene rings is 2. The third kappa shape index (κ3) is 14.2. The fourth-order valence-electron chi connectivity index (χ4n) is 6.70.